The Morgan fingerprint density at radius 1 is 1.17 bits per heavy atom. The number of allylic oxidation sites excluding steroid dienone is 1. The summed E-state index contributed by atoms with van der Waals surface area (Å²) in [7, 11) is -9.07. The first-order valence-electron chi connectivity index (χ1n) is 7.17. The van der Waals surface area contributed by atoms with E-state index in [1.807, 2.05) is 0 Å². The lowest BCUT2D eigenvalue weighted by Gasteiger charge is -2.38. The van der Waals surface area contributed by atoms with Gasteiger partial charge in [0, 0.05) is 12.5 Å². The normalized spacial score (nSPS) is 24.8. The van der Waals surface area contributed by atoms with Crippen molar-refractivity contribution in [2.45, 2.75) is 23.6 Å². The van der Waals surface area contributed by atoms with Crippen LogP contribution in [0.3, 0.4) is 0 Å². The first kappa shape index (κ1) is 25.4. The summed E-state index contributed by atoms with van der Waals surface area (Å²) in [5.74, 6) is -4.66. The molecule has 168 valence electrons. The predicted molar refractivity (Wildman–Crippen MR) is 83.7 cm³/mol. The molecule has 8 nitrogen and oxygen atoms in total. The minimum absolute atomic E-state index is 0.215. The third-order valence-corrected chi connectivity index (χ3v) is 6.25. The van der Waals surface area contributed by atoms with Gasteiger partial charge in [-0.15, -0.1) is 0 Å². The van der Waals surface area contributed by atoms with Crippen LogP contribution < -0.4 is 0 Å². The van der Waals surface area contributed by atoms with E-state index in [9.17, 15) is 53.1 Å². The Bertz CT molecular complexity index is 916. The Morgan fingerprint density at radius 3 is 2.03 bits per heavy atom. The molecule has 0 radical (unpaired) electrons. The molecule has 0 aromatic rings. The van der Waals surface area contributed by atoms with E-state index < -0.39 is 66.6 Å². The highest BCUT2D eigenvalue weighted by molar-refractivity contribution is 7.94. The number of carbonyl (C=O) groups is 1. The maximum absolute atomic E-state index is 13.1. The third kappa shape index (κ3) is 6.16. The highest BCUT2D eigenvalue weighted by Crippen LogP contribution is 2.41. The quantitative estimate of drug-likeness (QED) is 0.432. The Kier molecular flexibility index (Phi) is 6.90. The van der Waals surface area contributed by atoms with Crippen LogP contribution in [0, 0.1) is 5.92 Å². The molecule has 0 aliphatic heterocycles. The number of halogens is 6. The molecule has 0 saturated heterocycles. The molecule has 0 amide bonds. The minimum Gasteiger partial charge on any atom is -0.481 e. The van der Waals surface area contributed by atoms with Crippen molar-refractivity contribution in [3.8, 4) is 0 Å². The zero-order chi connectivity index (χ0) is 23.1. The van der Waals surface area contributed by atoms with E-state index >= 15 is 0 Å². The lowest BCUT2D eigenvalue weighted by molar-refractivity contribution is -0.342. The van der Waals surface area contributed by atoms with E-state index in [1.54, 1.807) is 0 Å². The average Bonchev–Trinajstić information content (AvgIpc) is 2.46. The number of aliphatic carboxylic acids is 1. The van der Waals surface area contributed by atoms with Crippen molar-refractivity contribution in [2.24, 2.45) is 5.92 Å². The zero-order valence-electron chi connectivity index (χ0n) is 14.5. The van der Waals surface area contributed by atoms with Crippen molar-refractivity contribution in [2.75, 3.05) is 19.1 Å². The van der Waals surface area contributed by atoms with Gasteiger partial charge in [-0.2, -0.15) is 26.3 Å². The predicted octanol–water partition coefficient (Wildman–Crippen LogP) is 1.41. The lowest BCUT2D eigenvalue weighted by Crippen LogP contribution is -2.55. The van der Waals surface area contributed by atoms with E-state index in [0.29, 0.717) is 18.4 Å². The fourth-order valence-corrected chi connectivity index (χ4v) is 4.12. The SMILES string of the molecule is CS(=O)(=O)C1=CC(C(=O)O)C(OC(OCC(F)(F)F)C(F)(F)F)(S(C)(=O)=O)C=C1. The van der Waals surface area contributed by atoms with Crippen LogP contribution in [-0.4, -0.2) is 70.6 Å². The van der Waals surface area contributed by atoms with Gasteiger partial charge in [-0.1, -0.05) is 0 Å². The van der Waals surface area contributed by atoms with E-state index in [-0.39, 0.29) is 12.3 Å². The number of hydrogen-bond acceptors (Lipinski definition) is 7. The second-order valence-corrected chi connectivity index (χ2v) is 10.1. The maximum atomic E-state index is 13.1. The van der Waals surface area contributed by atoms with E-state index in [4.69, 9.17) is 0 Å². The van der Waals surface area contributed by atoms with Gasteiger partial charge < -0.3 is 14.6 Å². The number of carboxylic acids is 1. The molecule has 1 rings (SSSR count). The van der Waals surface area contributed by atoms with Gasteiger partial charge in [0.2, 0.25) is 4.93 Å². The zero-order valence-corrected chi connectivity index (χ0v) is 16.1. The molecule has 1 aliphatic rings. The van der Waals surface area contributed by atoms with Crippen LogP contribution in [-0.2, 0) is 33.9 Å². The largest absolute Gasteiger partial charge is 0.481 e. The minimum atomic E-state index is -5.69. The van der Waals surface area contributed by atoms with Crippen LogP contribution >= 0.6 is 0 Å². The van der Waals surface area contributed by atoms with Gasteiger partial charge >= 0.3 is 18.3 Å². The molecule has 0 heterocycles. The Hall–Kier alpha value is -1.65. The molecule has 0 spiro atoms. The van der Waals surface area contributed by atoms with Crippen LogP contribution in [0.5, 0.6) is 0 Å². The fourth-order valence-electron chi connectivity index (χ4n) is 2.22. The van der Waals surface area contributed by atoms with Crippen LogP contribution in [0.2, 0.25) is 0 Å². The number of carboxylic acid groups (broad SMARTS) is 1. The van der Waals surface area contributed by atoms with Gasteiger partial charge in [-0.3, -0.25) is 4.79 Å². The van der Waals surface area contributed by atoms with Crippen molar-refractivity contribution in [1.29, 1.82) is 0 Å². The van der Waals surface area contributed by atoms with Crippen molar-refractivity contribution in [3.63, 3.8) is 0 Å². The first-order valence-corrected chi connectivity index (χ1v) is 11.0. The first-order chi connectivity index (χ1) is 12.7. The molecule has 3 atom stereocenters. The molecule has 0 fully saturated rings. The number of alkyl halides is 6. The molecule has 1 aliphatic carbocycles. The van der Waals surface area contributed by atoms with Gasteiger partial charge in [0.1, 0.15) is 12.5 Å². The van der Waals surface area contributed by atoms with Crippen LogP contribution in [0.15, 0.2) is 23.1 Å². The molecule has 3 unspecified atom stereocenters. The maximum Gasteiger partial charge on any atom is 0.440 e. The highest BCUT2D eigenvalue weighted by atomic mass is 32.2. The summed E-state index contributed by atoms with van der Waals surface area (Å²) in [6.07, 6.45) is -12.8. The second kappa shape index (κ2) is 7.88. The molecule has 16 heteroatoms. The van der Waals surface area contributed by atoms with Gasteiger partial charge in [0.15, 0.2) is 19.7 Å². The lowest BCUT2D eigenvalue weighted by atomic mass is 9.96. The van der Waals surface area contributed by atoms with Gasteiger partial charge in [-0.05, 0) is 18.2 Å². The highest BCUT2D eigenvalue weighted by Gasteiger charge is 2.58. The van der Waals surface area contributed by atoms with Gasteiger partial charge in [-0.25, -0.2) is 16.8 Å². The van der Waals surface area contributed by atoms with Crippen LogP contribution in [0.1, 0.15) is 0 Å². The van der Waals surface area contributed by atoms with E-state index in [0.717, 1.165) is 0 Å². The van der Waals surface area contributed by atoms with Crippen molar-refractivity contribution in [3.05, 3.63) is 23.1 Å². The number of hydrogen-bond donors (Lipinski definition) is 1. The smallest absolute Gasteiger partial charge is 0.440 e. The number of rotatable bonds is 7. The number of ether oxygens (including phenoxy) is 2. The number of sulfone groups is 2. The van der Waals surface area contributed by atoms with E-state index in [1.165, 1.54) is 0 Å². The molecule has 0 saturated carbocycles. The summed E-state index contributed by atoms with van der Waals surface area (Å²) in [6, 6.07) is 0. The Morgan fingerprint density at radius 2 is 1.69 bits per heavy atom. The molecule has 0 bridgehead atoms. The standard InChI is InChI=1S/C13H14F6O8S2/c1-28(22,23)7-3-4-11(29(2,24)25,8(5-7)9(20)21)27-10(13(17,18)19)26-6-12(14,15)16/h3-5,8,10H,6H2,1-2H3,(H,20,21). The topological polar surface area (TPSA) is 124 Å². The van der Waals surface area contributed by atoms with Crippen LogP contribution in [0.4, 0.5) is 26.3 Å². The van der Waals surface area contributed by atoms with Crippen LogP contribution in [0.25, 0.3) is 0 Å². The fraction of sp³-hybridized carbons (Fsp3) is 0.615. The second-order valence-electron chi connectivity index (χ2n) is 5.90. The molecule has 29 heavy (non-hydrogen) atoms. The molecular weight excluding hydrogens is 462 g/mol. The summed E-state index contributed by atoms with van der Waals surface area (Å²) in [5.41, 5.74) is 0. The van der Waals surface area contributed by atoms with Gasteiger partial charge in [0.25, 0.3) is 6.29 Å². The van der Waals surface area contributed by atoms with E-state index in [2.05, 4.69) is 9.47 Å². The summed E-state index contributed by atoms with van der Waals surface area (Å²) in [5, 5.41) is 9.28. The summed E-state index contributed by atoms with van der Waals surface area (Å²) >= 11 is 0. The summed E-state index contributed by atoms with van der Waals surface area (Å²) < 4.78 is 131. The van der Waals surface area contributed by atoms with Gasteiger partial charge in [0.05, 0.1) is 4.91 Å². The Labute approximate surface area is 160 Å². The van der Waals surface area contributed by atoms with Crippen molar-refractivity contribution >= 4 is 25.6 Å². The monoisotopic (exact) mass is 476 g/mol. The average molecular weight is 476 g/mol. The summed E-state index contributed by atoms with van der Waals surface area (Å²) in [4.78, 5) is 7.37. The molecular formula is C13H14F6O8S2. The molecule has 0 aromatic heterocycles. The van der Waals surface area contributed by atoms with Crippen molar-refractivity contribution < 1.29 is 62.6 Å². The summed E-state index contributed by atoms with van der Waals surface area (Å²) in [6.45, 7) is -2.48. The third-order valence-electron chi connectivity index (χ3n) is 3.47. The Balaban J connectivity index is 3.57. The molecule has 1 N–H and O–H groups in total. The molecule has 0 aromatic carbocycles. The van der Waals surface area contributed by atoms with Crippen molar-refractivity contribution in [1.82, 2.24) is 0 Å².